The van der Waals surface area contributed by atoms with Crippen LogP contribution in [0.1, 0.15) is 44.7 Å². The van der Waals surface area contributed by atoms with Crippen LogP contribution < -0.4 is 10.1 Å². The Morgan fingerprint density at radius 3 is 2.30 bits per heavy atom. The largest absolute Gasteiger partial charge is 0.494 e. The molecule has 0 spiro atoms. The predicted octanol–water partition coefficient (Wildman–Crippen LogP) is 6.82. The number of nitrogens with zero attached hydrogens (tertiary/aromatic N) is 1. The molecule has 5 nitrogen and oxygen atoms in total. The smallest absolute Gasteiger partial charge is 0.243 e. The van der Waals surface area contributed by atoms with E-state index in [1.54, 1.807) is 29.2 Å². The molecule has 0 aliphatic rings. The summed E-state index contributed by atoms with van der Waals surface area (Å²) in [5.74, 6) is 0.441. The monoisotopic (exact) mass is 584 g/mol. The number of ether oxygens (including phenoxy) is 1. The number of carbonyl (C=O) groups is 2. The lowest BCUT2D eigenvalue weighted by Crippen LogP contribution is -2.54. The van der Waals surface area contributed by atoms with E-state index >= 15 is 0 Å². The topological polar surface area (TPSA) is 58.6 Å². The van der Waals surface area contributed by atoms with Crippen LogP contribution in [-0.2, 0) is 22.6 Å². The lowest BCUT2D eigenvalue weighted by molar-refractivity contribution is -0.142. The zero-order chi connectivity index (χ0) is 26.8. The average molecular weight is 586 g/mol. The maximum Gasteiger partial charge on any atom is 0.243 e. The number of rotatable bonds is 11. The molecule has 0 heterocycles. The molecule has 0 bridgehead atoms. The maximum atomic E-state index is 13.7. The molecule has 0 aliphatic carbocycles. The van der Waals surface area contributed by atoms with Gasteiger partial charge in [-0.15, -0.1) is 0 Å². The molecular formula is C30H34BrClN2O3. The maximum absolute atomic E-state index is 13.7. The van der Waals surface area contributed by atoms with Gasteiger partial charge in [-0.3, -0.25) is 9.59 Å². The fourth-order valence-corrected chi connectivity index (χ4v) is 4.50. The summed E-state index contributed by atoms with van der Waals surface area (Å²) in [6.45, 7) is 6.54. The van der Waals surface area contributed by atoms with Crippen molar-refractivity contribution in [3.05, 3.63) is 99.5 Å². The molecule has 37 heavy (non-hydrogen) atoms. The molecule has 2 amide bonds. The summed E-state index contributed by atoms with van der Waals surface area (Å²) < 4.78 is 6.70. The molecule has 0 saturated carbocycles. The Hall–Kier alpha value is -2.83. The van der Waals surface area contributed by atoms with Gasteiger partial charge >= 0.3 is 0 Å². The molecule has 3 aromatic rings. The van der Waals surface area contributed by atoms with Crippen molar-refractivity contribution in [1.82, 2.24) is 10.2 Å². The van der Waals surface area contributed by atoms with E-state index in [0.717, 1.165) is 15.6 Å². The van der Waals surface area contributed by atoms with Crippen LogP contribution in [0.25, 0.3) is 0 Å². The fourth-order valence-electron chi connectivity index (χ4n) is 3.93. The number of benzene rings is 3. The van der Waals surface area contributed by atoms with Crippen LogP contribution >= 0.6 is 27.5 Å². The molecule has 0 aliphatic heterocycles. The van der Waals surface area contributed by atoms with Crippen molar-refractivity contribution in [3.63, 3.8) is 0 Å². The quantitative estimate of drug-likeness (QED) is 0.251. The van der Waals surface area contributed by atoms with Crippen LogP contribution in [0, 0.1) is 0 Å². The summed E-state index contributed by atoms with van der Waals surface area (Å²) in [7, 11) is 0. The van der Waals surface area contributed by atoms with Gasteiger partial charge < -0.3 is 15.0 Å². The van der Waals surface area contributed by atoms with Crippen molar-refractivity contribution in [2.24, 2.45) is 0 Å². The van der Waals surface area contributed by atoms with Crippen LogP contribution in [-0.4, -0.2) is 34.9 Å². The van der Waals surface area contributed by atoms with E-state index in [1.807, 2.05) is 75.4 Å². The van der Waals surface area contributed by atoms with Crippen LogP contribution in [0.3, 0.4) is 0 Å². The number of nitrogens with one attached hydrogen (secondary N) is 1. The highest BCUT2D eigenvalue weighted by Crippen LogP contribution is 2.20. The van der Waals surface area contributed by atoms with Gasteiger partial charge in [-0.1, -0.05) is 70.0 Å². The Morgan fingerprint density at radius 2 is 1.65 bits per heavy atom. The summed E-state index contributed by atoms with van der Waals surface area (Å²) in [6.07, 6.45) is 1.20. The highest BCUT2D eigenvalue weighted by atomic mass is 79.9. The fraction of sp³-hybridized carbons (Fsp3) is 0.333. The molecule has 0 radical (unpaired) electrons. The predicted molar refractivity (Wildman–Crippen MR) is 153 cm³/mol. The number of hydrogen-bond acceptors (Lipinski definition) is 3. The zero-order valence-corrected chi connectivity index (χ0v) is 23.9. The molecule has 0 saturated heterocycles. The third-order valence-electron chi connectivity index (χ3n) is 5.63. The number of amides is 2. The summed E-state index contributed by atoms with van der Waals surface area (Å²) in [5.41, 5.74) is 1.51. The van der Waals surface area contributed by atoms with Gasteiger partial charge in [0, 0.05) is 34.4 Å². The first-order valence-electron chi connectivity index (χ1n) is 12.4. The van der Waals surface area contributed by atoms with E-state index in [9.17, 15) is 9.59 Å². The first kappa shape index (κ1) is 28.7. The van der Waals surface area contributed by atoms with Crippen molar-refractivity contribution in [2.45, 2.75) is 58.2 Å². The molecule has 7 heteroatoms. The highest BCUT2D eigenvalue weighted by Gasteiger charge is 2.32. The summed E-state index contributed by atoms with van der Waals surface area (Å²) in [6, 6.07) is 24.1. The van der Waals surface area contributed by atoms with Crippen molar-refractivity contribution in [3.8, 4) is 5.75 Å². The van der Waals surface area contributed by atoms with Crippen molar-refractivity contribution < 1.29 is 14.3 Å². The van der Waals surface area contributed by atoms with E-state index in [4.69, 9.17) is 16.3 Å². The highest BCUT2D eigenvalue weighted by molar-refractivity contribution is 9.10. The Balaban J connectivity index is 1.81. The van der Waals surface area contributed by atoms with Gasteiger partial charge in [0.25, 0.3) is 0 Å². The molecule has 3 aromatic carbocycles. The first-order chi connectivity index (χ1) is 17.6. The van der Waals surface area contributed by atoms with Gasteiger partial charge in [0.2, 0.25) is 11.8 Å². The minimum atomic E-state index is -0.662. The Kier molecular flexibility index (Phi) is 10.6. The standard InChI is InChI=1S/C30H34BrClN2O3/c1-30(2,3)33-29(36)27(20-22-9-5-4-6-10-22)34(21-23-11-7-12-24(31)19-23)28(35)13-8-18-37-26-16-14-25(32)15-17-26/h4-7,9-12,14-17,19,27H,8,13,18,20-21H2,1-3H3,(H,33,36). The van der Waals surface area contributed by atoms with Gasteiger partial charge in [-0.25, -0.2) is 0 Å². The summed E-state index contributed by atoms with van der Waals surface area (Å²) >= 11 is 9.46. The molecular weight excluding hydrogens is 552 g/mol. The third-order valence-corrected chi connectivity index (χ3v) is 6.37. The van der Waals surface area contributed by atoms with Crippen LogP contribution in [0.5, 0.6) is 5.75 Å². The summed E-state index contributed by atoms with van der Waals surface area (Å²) in [5, 5.41) is 3.73. The van der Waals surface area contributed by atoms with Gasteiger partial charge in [0.05, 0.1) is 6.61 Å². The molecule has 0 aromatic heterocycles. The van der Waals surface area contributed by atoms with E-state index in [2.05, 4.69) is 21.2 Å². The Labute approximate surface area is 233 Å². The van der Waals surface area contributed by atoms with Crippen LogP contribution in [0.2, 0.25) is 5.02 Å². The van der Waals surface area contributed by atoms with Crippen LogP contribution in [0.4, 0.5) is 0 Å². The molecule has 1 atom stereocenters. The van der Waals surface area contributed by atoms with Gasteiger partial charge in [0.1, 0.15) is 11.8 Å². The lowest BCUT2D eigenvalue weighted by Gasteiger charge is -2.34. The normalized spacial score (nSPS) is 12.0. The molecule has 1 N–H and O–H groups in total. The zero-order valence-electron chi connectivity index (χ0n) is 21.5. The number of hydrogen-bond donors (Lipinski definition) is 1. The number of carbonyl (C=O) groups excluding carboxylic acids is 2. The molecule has 196 valence electrons. The second-order valence-electron chi connectivity index (χ2n) is 10.0. The molecule has 1 unspecified atom stereocenters. The lowest BCUT2D eigenvalue weighted by atomic mass is 10.00. The van der Waals surface area contributed by atoms with E-state index in [-0.39, 0.29) is 18.2 Å². The molecule has 3 rings (SSSR count). The van der Waals surface area contributed by atoms with Crippen molar-refractivity contribution >= 4 is 39.3 Å². The second kappa shape index (κ2) is 13.6. The van der Waals surface area contributed by atoms with Crippen LogP contribution in [0.15, 0.2) is 83.3 Å². The van der Waals surface area contributed by atoms with Crippen molar-refractivity contribution in [1.29, 1.82) is 0 Å². The minimum absolute atomic E-state index is 0.0929. The van der Waals surface area contributed by atoms with Crippen molar-refractivity contribution in [2.75, 3.05) is 6.61 Å². The first-order valence-corrected chi connectivity index (χ1v) is 13.6. The van der Waals surface area contributed by atoms with Gasteiger partial charge in [-0.2, -0.15) is 0 Å². The minimum Gasteiger partial charge on any atom is -0.494 e. The van der Waals surface area contributed by atoms with E-state index in [0.29, 0.717) is 36.8 Å². The Morgan fingerprint density at radius 1 is 0.973 bits per heavy atom. The Bertz CT molecular complexity index is 1160. The average Bonchev–Trinajstić information content (AvgIpc) is 2.84. The van der Waals surface area contributed by atoms with E-state index in [1.165, 1.54) is 0 Å². The number of halogens is 2. The summed E-state index contributed by atoms with van der Waals surface area (Å²) in [4.78, 5) is 28.9. The third kappa shape index (κ3) is 9.86. The second-order valence-corrected chi connectivity index (χ2v) is 11.4. The SMILES string of the molecule is CC(C)(C)NC(=O)C(Cc1ccccc1)N(Cc1cccc(Br)c1)C(=O)CCCOc1ccc(Cl)cc1. The van der Waals surface area contributed by atoms with Gasteiger partial charge in [0.15, 0.2) is 0 Å². The molecule has 0 fully saturated rings. The van der Waals surface area contributed by atoms with Gasteiger partial charge in [-0.05, 0) is 74.7 Å². The van der Waals surface area contributed by atoms with E-state index < -0.39 is 11.6 Å².